The average Bonchev–Trinajstić information content (AvgIpc) is 3.01. The lowest BCUT2D eigenvalue weighted by atomic mass is 9.47. The van der Waals surface area contributed by atoms with Gasteiger partial charge in [0.05, 0.1) is 11.7 Å². The number of fused-ring (bicyclic) bond motifs is 5. The van der Waals surface area contributed by atoms with E-state index in [0.717, 1.165) is 32.1 Å². The molecule has 172 valence electrons. The Morgan fingerprint density at radius 1 is 1.29 bits per heavy atom. The van der Waals surface area contributed by atoms with Crippen molar-refractivity contribution in [2.24, 2.45) is 40.4 Å². The minimum Gasteiger partial charge on any atom is -0.396 e. The highest BCUT2D eigenvalue weighted by atomic mass is 16.3. The molecular formula is C27H40O4. The quantitative estimate of drug-likeness (QED) is 0.573. The van der Waals surface area contributed by atoms with E-state index in [-0.39, 0.29) is 29.6 Å². The van der Waals surface area contributed by atoms with Gasteiger partial charge < -0.3 is 15.3 Å². The first kappa shape index (κ1) is 22.9. The van der Waals surface area contributed by atoms with Crippen LogP contribution in [0.1, 0.15) is 66.2 Å². The molecule has 0 amide bonds. The number of allylic oxidation sites excluding steroid dienone is 5. The molecule has 0 aromatic rings. The Balaban J connectivity index is 1.66. The molecule has 4 aliphatic rings. The van der Waals surface area contributed by atoms with E-state index in [2.05, 4.69) is 26.8 Å². The van der Waals surface area contributed by atoms with Gasteiger partial charge in [0.1, 0.15) is 0 Å². The summed E-state index contributed by atoms with van der Waals surface area (Å²) in [4.78, 5) is 12.0. The topological polar surface area (TPSA) is 77.8 Å². The van der Waals surface area contributed by atoms with Crippen LogP contribution >= 0.6 is 0 Å². The van der Waals surface area contributed by atoms with Crippen LogP contribution in [0.15, 0.2) is 36.0 Å². The van der Waals surface area contributed by atoms with Crippen LogP contribution < -0.4 is 0 Å². The number of aliphatic hydroxyl groups is 3. The fourth-order valence-corrected chi connectivity index (χ4v) is 7.96. The fraction of sp³-hybridized carbons (Fsp3) is 0.741. The molecule has 3 fully saturated rings. The summed E-state index contributed by atoms with van der Waals surface area (Å²) in [7, 11) is 0. The van der Waals surface area contributed by atoms with Crippen LogP contribution in [0.4, 0.5) is 0 Å². The molecule has 4 heteroatoms. The summed E-state index contributed by atoms with van der Waals surface area (Å²) in [6.45, 7) is 8.37. The summed E-state index contributed by atoms with van der Waals surface area (Å²) >= 11 is 0. The summed E-state index contributed by atoms with van der Waals surface area (Å²) in [5.74, 6) is 1.21. The predicted octanol–water partition coefficient (Wildman–Crippen LogP) is 4.21. The number of hydrogen-bond donors (Lipinski definition) is 3. The van der Waals surface area contributed by atoms with Crippen molar-refractivity contribution in [3.05, 3.63) is 36.0 Å². The third kappa shape index (κ3) is 3.59. The third-order valence-electron chi connectivity index (χ3n) is 9.30. The molecule has 0 aromatic carbocycles. The van der Waals surface area contributed by atoms with Crippen LogP contribution in [-0.2, 0) is 4.79 Å². The van der Waals surface area contributed by atoms with E-state index in [4.69, 9.17) is 0 Å². The molecule has 3 N–H and O–H groups in total. The van der Waals surface area contributed by atoms with Gasteiger partial charge in [0, 0.05) is 23.4 Å². The average molecular weight is 429 g/mol. The van der Waals surface area contributed by atoms with E-state index in [9.17, 15) is 20.1 Å². The summed E-state index contributed by atoms with van der Waals surface area (Å²) in [5.41, 5.74) is -0.477. The number of carbonyl (C=O) groups is 1. The Labute approximate surface area is 187 Å². The van der Waals surface area contributed by atoms with Crippen molar-refractivity contribution in [3.8, 4) is 0 Å². The molecule has 4 nitrogen and oxygen atoms in total. The number of rotatable bonds is 5. The van der Waals surface area contributed by atoms with Crippen LogP contribution in [0.25, 0.3) is 0 Å². The van der Waals surface area contributed by atoms with Crippen molar-refractivity contribution in [1.29, 1.82) is 0 Å². The second kappa shape index (κ2) is 7.97. The summed E-state index contributed by atoms with van der Waals surface area (Å²) in [5, 5.41) is 33.4. The van der Waals surface area contributed by atoms with Gasteiger partial charge in [-0.05, 0) is 81.3 Å². The molecule has 4 rings (SSSR count). The van der Waals surface area contributed by atoms with Gasteiger partial charge in [0.15, 0.2) is 5.78 Å². The minimum atomic E-state index is -1.15. The highest BCUT2D eigenvalue weighted by molar-refractivity contribution is 6.01. The largest absolute Gasteiger partial charge is 0.396 e. The Hall–Kier alpha value is -1.23. The maximum atomic E-state index is 12.0. The van der Waals surface area contributed by atoms with Crippen LogP contribution in [0.3, 0.4) is 0 Å². The van der Waals surface area contributed by atoms with E-state index >= 15 is 0 Å². The van der Waals surface area contributed by atoms with E-state index in [1.165, 1.54) is 5.57 Å². The zero-order valence-electron chi connectivity index (χ0n) is 19.6. The lowest BCUT2D eigenvalue weighted by molar-refractivity contribution is -0.126. The van der Waals surface area contributed by atoms with Crippen molar-refractivity contribution in [1.82, 2.24) is 0 Å². The lowest BCUT2D eigenvalue weighted by Gasteiger charge is -2.58. The number of carbonyl (C=O) groups excluding carboxylic acids is 1. The van der Waals surface area contributed by atoms with Crippen LogP contribution in [-0.4, -0.2) is 39.4 Å². The number of aliphatic hydroxyl groups excluding tert-OH is 2. The zero-order chi connectivity index (χ0) is 22.6. The molecule has 0 heterocycles. The molecule has 3 saturated carbocycles. The van der Waals surface area contributed by atoms with E-state index in [0.29, 0.717) is 24.2 Å². The van der Waals surface area contributed by atoms with Crippen molar-refractivity contribution >= 4 is 5.78 Å². The molecule has 0 bridgehead atoms. The van der Waals surface area contributed by atoms with Crippen molar-refractivity contribution in [2.75, 3.05) is 6.61 Å². The third-order valence-corrected chi connectivity index (χ3v) is 9.30. The molecule has 8 atom stereocenters. The van der Waals surface area contributed by atoms with E-state index < -0.39 is 17.1 Å². The summed E-state index contributed by atoms with van der Waals surface area (Å²) < 4.78 is 0. The number of hydrogen-bond acceptors (Lipinski definition) is 4. The standard InChI is InChI=1S/C27H40O4/c1-17(2)6-5-11-26(4,31)24-23(30)15-22-20-8-7-18-14-19(29)9-12-25(18,3)21(20)10-13-27(22,24)16-28/h5,9,11-12,14,17,20-24,28,30-31H,6-8,10,13,15-16H2,1-4H3/b11-5+/t20-,21+,22+,23+,24-,25+,26+,27-/m1/s1. The minimum absolute atomic E-state index is 0.00448. The van der Waals surface area contributed by atoms with Crippen LogP contribution in [0.5, 0.6) is 0 Å². The normalized spacial score (nSPS) is 44.1. The van der Waals surface area contributed by atoms with Crippen molar-refractivity contribution in [2.45, 2.75) is 77.9 Å². The molecule has 0 radical (unpaired) electrons. The molecule has 0 spiro atoms. The van der Waals surface area contributed by atoms with Gasteiger partial charge >= 0.3 is 0 Å². The van der Waals surface area contributed by atoms with Gasteiger partial charge in [0.25, 0.3) is 0 Å². The Morgan fingerprint density at radius 2 is 2.03 bits per heavy atom. The monoisotopic (exact) mass is 428 g/mol. The first-order valence-corrected chi connectivity index (χ1v) is 12.2. The first-order valence-electron chi connectivity index (χ1n) is 12.2. The first-order chi connectivity index (χ1) is 14.5. The predicted molar refractivity (Wildman–Crippen MR) is 122 cm³/mol. The van der Waals surface area contributed by atoms with Gasteiger partial charge in [-0.2, -0.15) is 0 Å². The van der Waals surface area contributed by atoms with Crippen molar-refractivity contribution in [3.63, 3.8) is 0 Å². The number of ketones is 1. The highest BCUT2D eigenvalue weighted by Gasteiger charge is 2.65. The molecule has 0 saturated heterocycles. The zero-order valence-corrected chi connectivity index (χ0v) is 19.6. The molecule has 0 aromatic heterocycles. The summed E-state index contributed by atoms with van der Waals surface area (Å²) in [6.07, 6.45) is 14.1. The maximum absolute atomic E-state index is 12.0. The van der Waals surface area contributed by atoms with E-state index in [1.54, 1.807) is 6.08 Å². The SMILES string of the molecule is CC(C)C/C=C/[C@](C)(O)[C@H]1[C@@H](O)C[C@H]2[C@@H]3CCC4=CC(=O)C=C[C@]4(C)[C@H]3CC[C@@]21CO. The highest BCUT2D eigenvalue weighted by Crippen LogP contribution is 2.67. The lowest BCUT2D eigenvalue weighted by Crippen LogP contribution is -2.55. The second-order valence-electron chi connectivity index (χ2n) is 11.6. The van der Waals surface area contributed by atoms with Crippen molar-refractivity contribution < 1.29 is 20.1 Å². The molecule has 31 heavy (non-hydrogen) atoms. The van der Waals surface area contributed by atoms with Gasteiger partial charge in [-0.15, -0.1) is 0 Å². The Morgan fingerprint density at radius 3 is 2.71 bits per heavy atom. The van der Waals surface area contributed by atoms with Gasteiger partial charge in [-0.25, -0.2) is 0 Å². The fourth-order valence-electron chi connectivity index (χ4n) is 7.96. The molecular weight excluding hydrogens is 388 g/mol. The van der Waals surface area contributed by atoms with E-state index in [1.807, 2.05) is 25.2 Å². The molecule has 4 aliphatic carbocycles. The van der Waals surface area contributed by atoms with Gasteiger partial charge in [-0.1, -0.05) is 44.6 Å². The van der Waals surface area contributed by atoms with Gasteiger partial charge in [-0.3, -0.25) is 4.79 Å². The molecule has 0 unspecified atom stereocenters. The van der Waals surface area contributed by atoms with Crippen LogP contribution in [0, 0.1) is 40.4 Å². The molecule has 0 aliphatic heterocycles. The maximum Gasteiger partial charge on any atom is 0.178 e. The Bertz CT molecular complexity index is 806. The second-order valence-corrected chi connectivity index (χ2v) is 11.6. The smallest absolute Gasteiger partial charge is 0.178 e. The summed E-state index contributed by atoms with van der Waals surface area (Å²) in [6, 6.07) is 0. The van der Waals surface area contributed by atoms with Crippen LogP contribution in [0.2, 0.25) is 0 Å². The Kier molecular flexibility index (Phi) is 5.90. The van der Waals surface area contributed by atoms with Gasteiger partial charge in [0.2, 0.25) is 0 Å².